The maximum atomic E-state index is 13.2. The molecule has 0 aromatic heterocycles. The van der Waals surface area contributed by atoms with Crippen LogP contribution in [0.25, 0.3) is 0 Å². The average molecular weight is 755 g/mol. The van der Waals surface area contributed by atoms with Crippen LogP contribution >= 0.6 is 0 Å². The Morgan fingerprint density at radius 1 is 0.407 bits per heavy atom. The van der Waals surface area contributed by atoms with Gasteiger partial charge in [0.1, 0.15) is 5.75 Å². The zero-order valence-electron chi connectivity index (χ0n) is 36.3. The zero-order chi connectivity index (χ0) is 39.0. The van der Waals surface area contributed by atoms with Crippen molar-refractivity contribution >= 4 is 11.8 Å². The van der Waals surface area contributed by atoms with Crippen LogP contribution in [0.4, 0.5) is 0 Å². The summed E-state index contributed by atoms with van der Waals surface area (Å²) in [4.78, 5) is 26.3. The van der Waals surface area contributed by atoms with Crippen LogP contribution in [0.3, 0.4) is 0 Å². The highest BCUT2D eigenvalue weighted by atomic mass is 16.5. The fraction of sp³-hybridized carbons (Fsp3) is 0.837. The second kappa shape index (κ2) is 39.2. The minimum Gasteiger partial charge on any atom is -0.493 e. The molecule has 5 heteroatoms. The summed E-state index contributed by atoms with van der Waals surface area (Å²) in [6.07, 6.45) is 45.7. The molecule has 314 valence electrons. The van der Waals surface area contributed by atoms with E-state index in [9.17, 15) is 9.59 Å². The van der Waals surface area contributed by atoms with E-state index in [1.165, 1.54) is 186 Å². The van der Waals surface area contributed by atoms with Crippen molar-refractivity contribution in [2.45, 2.75) is 245 Å². The van der Waals surface area contributed by atoms with E-state index >= 15 is 0 Å². The standard InChI is InChI=1S/C49H90N2O3/c1-4-7-10-13-15-17-19-21-23-25-27-29-31-33-36-41-50-48(52)45-39-40-46(47(44-45)54-43-38-35-12-9-6-3)49(53)51-42-37-34-32-30-28-26-24-22-20-18-16-14-11-8-5-2/h39-40,44H,4-38,41-43H2,1-3H3,(H,50,52)(H,51,53). The Labute approximate surface area is 336 Å². The van der Waals surface area contributed by atoms with Crippen molar-refractivity contribution < 1.29 is 14.3 Å². The molecular formula is C49H90N2O3. The van der Waals surface area contributed by atoms with Gasteiger partial charge in [-0.3, -0.25) is 9.59 Å². The molecule has 0 saturated heterocycles. The molecule has 2 N–H and O–H groups in total. The van der Waals surface area contributed by atoms with Gasteiger partial charge >= 0.3 is 0 Å². The van der Waals surface area contributed by atoms with Gasteiger partial charge in [0.2, 0.25) is 0 Å². The van der Waals surface area contributed by atoms with Gasteiger partial charge in [0.25, 0.3) is 11.8 Å². The summed E-state index contributed by atoms with van der Waals surface area (Å²) in [6, 6.07) is 5.32. The molecule has 0 heterocycles. The fourth-order valence-electron chi connectivity index (χ4n) is 7.45. The summed E-state index contributed by atoms with van der Waals surface area (Å²) in [7, 11) is 0. The first kappa shape index (κ1) is 50.0. The Kier molecular flexibility index (Phi) is 36.3. The lowest BCUT2D eigenvalue weighted by atomic mass is 10.0. The summed E-state index contributed by atoms with van der Waals surface area (Å²) in [5.41, 5.74) is 1.10. The van der Waals surface area contributed by atoms with Crippen molar-refractivity contribution in [3.8, 4) is 5.75 Å². The van der Waals surface area contributed by atoms with Crippen molar-refractivity contribution in [2.24, 2.45) is 0 Å². The van der Waals surface area contributed by atoms with Gasteiger partial charge in [-0.05, 0) is 37.5 Å². The molecule has 1 aromatic rings. The van der Waals surface area contributed by atoms with Crippen molar-refractivity contribution in [1.82, 2.24) is 10.6 Å². The van der Waals surface area contributed by atoms with Crippen molar-refractivity contribution in [2.75, 3.05) is 19.7 Å². The number of ether oxygens (including phenoxy) is 1. The van der Waals surface area contributed by atoms with Crippen molar-refractivity contribution in [1.29, 1.82) is 0 Å². The molecule has 0 radical (unpaired) electrons. The van der Waals surface area contributed by atoms with Gasteiger partial charge in [0.15, 0.2) is 0 Å². The minimum atomic E-state index is -0.105. The largest absolute Gasteiger partial charge is 0.493 e. The predicted molar refractivity (Wildman–Crippen MR) is 235 cm³/mol. The monoisotopic (exact) mass is 755 g/mol. The first-order valence-electron chi connectivity index (χ1n) is 24.0. The van der Waals surface area contributed by atoms with Crippen LogP contribution in [0.2, 0.25) is 0 Å². The smallest absolute Gasteiger partial charge is 0.255 e. The lowest BCUT2D eigenvalue weighted by Crippen LogP contribution is -2.26. The number of nitrogens with one attached hydrogen (secondary N) is 2. The van der Waals surface area contributed by atoms with Crippen LogP contribution in [0.1, 0.15) is 266 Å². The SMILES string of the molecule is CCCCCCCCCCCCCCCCCNC(=O)c1ccc(C(=O)NCCCCCCCCCCCCCCCCC)c(OCCCCCCC)c1. The Balaban J connectivity index is 2.29. The van der Waals surface area contributed by atoms with Gasteiger partial charge < -0.3 is 15.4 Å². The number of amides is 2. The van der Waals surface area contributed by atoms with Gasteiger partial charge in [0.05, 0.1) is 12.2 Å². The highest BCUT2D eigenvalue weighted by Crippen LogP contribution is 2.22. The molecule has 0 fully saturated rings. The highest BCUT2D eigenvalue weighted by Gasteiger charge is 2.16. The lowest BCUT2D eigenvalue weighted by molar-refractivity contribution is 0.0937. The van der Waals surface area contributed by atoms with E-state index in [2.05, 4.69) is 31.4 Å². The molecular weight excluding hydrogens is 665 g/mol. The number of unbranched alkanes of at least 4 members (excludes halogenated alkanes) is 32. The third-order valence-electron chi connectivity index (χ3n) is 11.1. The number of hydrogen-bond donors (Lipinski definition) is 2. The summed E-state index contributed by atoms with van der Waals surface area (Å²) >= 11 is 0. The van der Waals surface area contributed by atoms with Crippen LogP contribution in [-0.2, 0) is 0 Å². The molecule has 0 aliphatic rings. The van der Waals surface area contributed by atoms with E-state index in [-0.39, 0.29) is 11.8 Å². The molecule has 0 aliphatic heterocycles. The molecule has 5 nitrogen and oxygen atoms in total. The molecule has 0 aliphatic carbocycles. The summed E-state index contributed by atoms with van der Waals surface area (Å²) < 4.78 is 6.16. The fourth-order valence-corrected chi connectivity index (χ4v) is 7.45. The molecule has 0 saturated carbocycles. The van der Waals surface area contributed by atoms with Crippen LogP contribution in [0, 0.1) is 0 Å². The third kappa shape index (κ3) is 30.2. The molecule has 0 bridgehead atoms. The van der Waals surface area contributed by atoms with E-state index in [1.54, 1.807) is 18.2 Å². The molecule has 1 aromatic carbocycles. The quantitative estimate of drug-likeness (QED) is 0.0654. The normalized spacial score (nSPS) is 11.2. The molecule has 0 unspecified atom stereocenters. The van der Waals surface area contributed by atoms with Crippen molar-refractivity contribution in [3.05, 3.63) is 29.3 Å². The van der Waals surface area contributed by atoms with Crippen LogP contribution in [0.15, 0.2) is 18.2 Å². The minimum absolute atomic E-state index is 0.0853. The maximum absolute atomic E-state index is 13.2. The van der Waals surface area contributed by atoms with Gasteiger partial charge in [-0.25, -0.2) is 0 Å². The second-order valence-electron chi connectivity index (χ2n) is 16.4. The molecule has 0 atom stereocenters. The van der Waals surface area contributed by atoms with Gasteiger partial charge in [0, 0.05) is 18.7 Å². The van der Waals surface area contributed by atoms with E-state index < -0.39 is 0 Å². The molecule has 1 rings (SSSR count). The van der Waals surface area contributed by atoms with Gasteiger partial charge in [-0.2, -0.15) is 0 Å². The maximum Gasteiger partial charge on any atom is 0.255 e. The van der Waals surface area contributed by atoms with E-state index in [1.807, 2.05) is 0 Å². The number of carbonyl (C=O) groups excluding carboxylic acids is 2. The number of hydrogen-bond acceptors (Lipinski definition) is 3. The number of carbonyl (C=O) groups is 2. The Morgan fingerprint density at radius 2 is 0.722 bits per heavy atom. The highest BCUT2D eigenvalue weighted by molar-refractivity contribution is 6.00. The van der Waals surface area contributed by atoms with Gasteiger partial charge in [-0.1, -0.05) is 226 Å². The number of benzene rings is 1. The Morgan fingerprint density at radius 3 is 1.09 bits per heavy atom. The molecule has 54 heavy (non-hydrogen) atoms. The van der Waals surface area contributed by atoms with Crippen LogP contribution in [0.5, 0.6) is 5.75 Å². The van der Waals surface area contributed by atoms with E-state index in [4.69, 9.17) is 4.74 Å². The first-order chi connectivity index (χ1) is 26.6. The Bertz CT molecular complexity index is 980. The topological polar surface area (TPSA) is 67.4 Å². The summed E-state index contributed by atoms with van der Waals surface area (Å²) in [5.74, 6) is 0.336. The van der Waals surface area contributed by atoms with Crippen LogP contribution < -0.4 is 15.4 Å². The Hall–Kier alpha value is -2.04. The number of rotatable bonds is 41. The summed E-state index contributed by atoms with van der Waals surface area (Å²) in [6.45, 7) is 8.71. The predicted octanol–water partition coefficient (Wildman–Crippen LogP) is 15.2. The molecule has 0 spiro atoms. The average Bonchev–Trinajstić information content (AvgIpc) is 3.18. The van der Waals surface area contributed by atoms with E-state index in [0.717, 1.165) is 38.5 Å². The van der Waals surface area contributed by atoms with Gasteiger partial charge in [-0.15, -0.1) is 0 Å². The second-order valence-corrected chi connectivity index (χ2v) is 16.4. The van der Waals surface area contributed by atoms with Crippen LogP contribution in [-0.4, -0.2) is 31.5 Å². The van der Waals surface area contributed by atoms with E-state index in [0.29, 0.717) is 36.6 Å². The first-order valence-corrected chi connectivity index (χ1v) is 24.0. The summed E-state index contributed by atoms with van der Waals surface area (Å²) in [5, 5.41) is 6.22. The molecule has 2 amide bonds. The zero-order valence-corrected chi connectivity index (χ0v) is 36.3. The van der Waals surface area contributed by atoms with Crippen molar-refractivity contribution in [3.63, 3.8) is 0 Å². The third-order valence-corrected chi connectivity index (χ3v) is 11.1. The lowest BCUT2D eigenvalue weighted by Gasteiger charge is -2.14.